The van der Waals surface area contributed by atoms with Crippen molar-refractivity contribution in [1.29, 1.82) is 0 Å². The van der Waals surface area contributed by atoms with Gasteiger partial charge in [0.1, 0.15) is 0 Å². The molecule has 0 aliphatic carbocycles. The fourth-order valence-corrected chi connectivity index (χ4v) is 20.3. The van der Waals surface area contributed by atoms with Crippen LogP contribution in [0.4, 0.5) is 17.1 Å². The summed E-state index contributed by atoms with van der Waals surface area (Å²) in [5.74, 6) is 4.20. The van der Waals surface area contributed by atoms with Gasteiger partial charge in [-0.05, 0) is 112 Å². The molecule has 0 radical (unpaired) electrons. The van der Waals surface area contributed by atoms with Crippen LogP contribution in [0.15, 0.2) is 127 Å². The number of hydrogen-bond acceptors (Lipinski definition) is 6. The maximum Gasteiger partial charge on any atom is 0.0145 e. The average molecular weight is 1810 g/mol. The predicted molar refractivity (Wildman–Crippen MR) is 454 cm³/mol. The van der Waals surface area contributed by atoms with Crippen LogP contribution >= 0.6 is 58.1 Å². The normalized spacial score (nSPS) is 17.9. The van der Waals surface area contributed by atoms with E-state index in [4.69, 9.17) is 72.4 Å². The summed E-state index contributed by atoms with van der Waals surface area (Å²) in [6.07, 6.45) is 6.64. The molecule has 0 spiro atoms. The van der Waals surface area contributed by atoms with Gasteiger partial charge in [-0.2, -0.15) is 0 Å². The van der Waals surface area contributed by atoms with E-state index in [0.717, 1.165) is 33.9 Å². The maximum atomic E-state index is 5.82. The van der Waals surface area contributed by atoms with Gasteiger partial charge in [0.15, 0.2) is 0 Å². The molecule has 3 heterocycles. The van der Waals surface area contributed by atoms with Crippen molar-refractivity contribution in [2.75, 3.05) is 14.7 Å². The minimum atomic E-state index is -1.77. The summed E-state index contributed by atoms with van der Waals surface area (Å²) in [5, 5.41) is 0. The van der Waals surface area contributed by atoms with Crippen molar-refractivity contribution in [3.05, 3.63) is 197 Å². The van der Waals surface area contributed by atoms with E-state index in [1.54, 1.807) is 0 Å². The van der Waals surface area contributed by atoms with Crippen molar-refractivity contribution >= 4 is 89.0 Å². The molecule has 3 aliphatic heterocycles. The van der Waals surface area contributed by atoms with E-state index in [9.17, 15) is 0 Å². The van der Waals surface area contributed by atoms with Crippen LogP contribution in [-0.4, -0.2) is 48.8 Å². The molecule has 3 saturated heterocycles. The number of benzene rings is 6. The Kier molecular flexibility index (Phi) is 37.0. The summed E-state index contributed by atoms with van der Waals surface area (Å²) in [6, 6.07) is 43.6. The van der Waals surface area contributed by atoms with Crippen molar-refractivity contribution in [3.8, 4) is 17.2 Å². The molecule has 6 aromatic rings. The average Bonchev–Trinajstić information content (AvgIpc) is 1.60. The first-order chi connectivity index (χ1) is 48.0. The molecule has 0 N–H and O–H groups in total. The van der Waals surface area contributed by atoms with Gasteiger partial charge in [-0.3, -0.25) is 0 Å². The Labute approximate surface area is 673 Å². The zero-order valence-corrected chi connectivity index (χ0v) is 78.2. The van der Waals surface area contributed by atoms with Crippen LogP contribution in [0.5, 0.6) is 17.2 Å². The molecule has 6 nitrogen and oxygen atoms in total. The van der Waals surface area contributed by atoms with Crippen LogP contribution in [0, 0.1) is 49.7 Å². The third-order valence-electron chi connectivity index (χ3n) is 18.2. The number of para-hydroxylation sites is 6. The summed E-state index contributed by atoms with van der Waals surface area (Å²) < 4.78 is 22.5. The van der Waals surface area contributed by atoms with E-state index in [1.807, 2.05) is 128 Å². The van der Waals surface area contributed by atoms with E-state index in [2.05, 4.69) is 248 Å². The van der Waals surface area contributed by atoms with E-state index in [0.29, 0.717) is 23.2 Å². The summed E-state index contributed by atoms with van der Waals surface area (Å²) >= 11 is -5.31. The first-order valence-corrected chi connectivity index (χ1v) is 53.5. The second-order valence-corrected chi connectivity index (χ2v) is 51.5. The monoisotopic (exact) mass is 1800 g/mol. The van der Waals surface area contributed by atoms with Gasteiger partial charge in [0, 0.05) is 33.7 Å². The number of anilines is 3. The van der Waals surface area contributed by atoms with Gasteiger partial charge in [-0.25, -0.2) is 19.6 Å². The topological polar surface area (TPSA) is 37.4 Å². The fourth-order valence-electron chi connectivity index (χ4n) is 14.8. The largest absolute Gasteiger partial charge is 0.517 e. The Balaban J connectivity index is 0.000000267. The third-order valence-corrected chi connectivity index (χ3v) is 23.7. The molecule has 6 aromatic carbocycles. The Bertz CT molecular complexity index is 3590. The van der Waals surface area contributed by atoms with Crippen LogP contribution in [0.2, 0.25) is 0 Å². The molecule has 0 saturated carbocycles. The molecule has 588 valence electrons. The first kappa shape index (κ1) is 93.7. The van der Waals surface area contributed by atoms with Crippen molar-refractivity contribution in [2.24, 2.45) is 16.2 Å². The summed E-state index contributed by atoms with van der Waals surface area (Å²) in [6.45, 7) is 72.9. The van der Waals surface area contributed by atoms with Gasteiger partial charge in [-0.15, -0.1) is 16.2 Å². The van der Waals surface area contributed by atoms with Gasteiger partial charge in [0.25, 0.3) is 0 Å². The smallest absolute Gasteiger partial charge is 0.0145 e. The van der Waals surface area contributed by atoms with Gasteiger partial charge in [0.2, 0.25) is 0 Å². The van der Waals surface area contributed by atoms with Crippen LogP contribution in [0.1, 0.15) is 287 Å². The summed E-state index contributed by atoms with van der Waals surface area (Å²) in [4.78, 5) is 7.67. The molecule has 1 atom stereocenters. The van der Waals surface area contributed by atoms with Gasteiger partial charge < -0.3 is 14.7 Å². The second kappa shape index (κ2) is 41.0. The Morgan fingerprint density at radius 3 is 1.01 bits per heavy atom. The molecular weight excluding hydrogens is 1670 g/mol. The Morgan fingerprint density at radius 1 is 0.404 bits per heavy atom. The van der Waals surface area contributed by atoms with Gasteiger partial charge in [-0.1, -0.05) is 191 Å². The van der Waals surface area contributed by atoms with Crippen molar-refractivity contribution < 1.29 is 54.8 Å². The van der Waals surface area contributed by atoms with Crippen LogP contribution in [0.3, 0.4) is 0 Å². The van der Waals surface area contributed by atoms with Crippen molar-refractivity contribution in [1.82, 2.24) is 0 Å². The molecule has 9 rings (SSSR count). The minimum absolute atomic E-state index is 0.163. The molecule has 0 aromatic heterocycles. The van der Waals surface area contributed by atoms with Crippen LogP contribution in [0.25, 0.3) is 0 Å². The second-order valence-electron chi connectivity index (χ2n) is 34.4. The summed E-state index contributed by atoms with van der Waals surface area (Å²) in [5.41, 5.74) is 17.5. The molecule has 15 heteroatoms. The molecule has 0 bridgehead atoms. The van der Waals surface area contributed by atoms with Gasteiger partial charge in [0.05, 0.1) is 0 Å². The number of halogens is 6. The number of nitrogens with zero attached hydrogens (tertiary/aromatic N) is 3. The van der Waals surface area contributed by atoms with Gasteiger partial charge >= 0.3 is 293 Å². The molecule has 0 amide bonds. The first-order valence-electron chi connectivity index (χ1n) is 37.0. The SMILES string of the molecule is CC(C)Oc1ccccc1[CH]=[Ru]([Cl])[Cl].CC(C)Oc1ccccc1[CH]=[Ru]([Cl])[Cl].CC(C)Oc1ccccc1[CH]=[Ru]([Cl])[Cl].CCCC1(C)[CH-]N(c2c(C(C)C)cccc2C(C)C)C(C)(C)C1.Cc1cccc(C(C)(C)C)c1N1[CH-]C(C)(C)CC1(C)C.Cc1cccc(C(C)C)c1N1[CH-]C(C)(C)CC1(C)C. The van der Waals surface area contributed by atoms with Crippen LogP contribution < -0.4 is 28.9 Å². The molecule has 1 unspecified atom stereocenters. The fraction of sp³-hybridized carbons (Fsp3) is 0.528. The zero-order chi connectivity index (χ0) is 78.8. The number of rotatable bonds is 17. The molecule has 3 aliphatic rings. The van der Waals surface area contributed by atoms with Crippen molar-refractivity contribution in [3.63, 3.8) is 0 Å². The maximum absolute atomic E-state index is 5.82. The predicted octanol–water partition coefficient (Wildman–Crippen LogP) is 28.3. The Morgan fingerprint density at radius 2 is 0.702 bits per heavy atom. The van der Waals surface area contributed by atoms with E-state index < -0.39 is 40.6 Å². The van der Waals surface area contributed by atoms with Crippen LogP contribution in [-0.2, 0) is 46.0 Å². The molecule has 104 heavy (non-hydrogen) atoms. The van der Waals surface area contributed by atoms with E-state index in [-0.39, 0.29) is 51.2 Å². The quantitative estimate of drug-likeness (QED) is 0.0669. The Hall–Kier alpha value is -2.66. The molecule has 3 fully saturated rings. The molecular formula is C89H130Cl6N3O3Ru3-3. The number of hydrogen-bond donors (Lipinski definition) is 0. The minimum Gasteiger partial charge on any atom is -0.517 e. The number of aryl methyl sites for hydroxylation is 2. The number of ether oxygens (including phenoxy) is 3. The third kappa shape index (κ3) is 29.2. The standard InChI is InChI=1S/C22H36N.C19H30N.C18H28N.3C10H12O.6ClH.3Ru/c1-9-13-22(8)14-21(6,7)23(15-22)20-18(16(2)3)11-10-12-19(20)17(4)5;1-14-10-9-11-15(17(2,3)4)16(14)20-13-18(5,6)12-19(20,7)8;1-13(2)15-10-8-9-14(3)16(15)19-12-17(4,5)11-18(19,6)7;3*1-8(2)11-10-7-5-4-6-9(10)3;;;;;;;;;/h10-12,15-17H,9,13-14H2,1-8H3;9-11,13H,12H2,1-8H3;8-10,12-13H,11H2,1-7H3;3*3-8H,1-2H3;6*1H;;;/q3*-1;;;;;;;;;;3*+2/p-6. The van der Waals surface area contributed by atoms with E-state index in [1.165, 1.54) is 82.5 Å². The van der Waals surface area contributed by atoms with Crippen molar-refractivity contribution in [2.45, 2.75) is 291 Å². The van der Waals surface area contributed by atoms with E-state index >= 15 is 0 Å². The summed E-state index contributed by atoms with van der Waals surface area (Å²) in [7, 11) is 34.9. The zero-order valence-electron chi connectivity index (χ0n) is 68.5.